The minimum absolute atomic E-state index is 0.138. The van der Waals surface area contributed by atoms with Crippen LogP contribution in [0.15, 0.2) is 40.1 Å². The molecule has 0 atom stereocenters. The molecule has 18 heavy (non-hydrogen) atoms. The van der Waals surface area contributed by atoms with Crippen molar-refractivity contribution in [3.8, 4) is 17.5 Å². The Hall–Kier alpha value is -2.81. The lowest BCUT2D eigenvalue weighted by atomic mass is 10.3. The maximum Gasteiger partial charge on any atom is 0.333 e. The van der Waals surface area contributed by atoms with Crippen molar-refractivity contribution in [2.45, 2.75) is 0 Å². The van der Waals surface area contributed by atoms with Crippen molar-refractivity contribution in [2.24, 2.45) is 0 Å². The molecule has 0 spiro atoms. The van der Waals surface area contributed by atoms with Crippen LogP contribution in [-0.2, 0) is 0 Å². The lowest BCUT2D eigenvalue weighted by Gasteiger charge is -2.09. The van der Waals surface area contributed by atoms with Crippen molar-refractivity contribution >= 4 is 0 Å². The van der Waals surface area contributed by atoms with E-state index in [0.29, 0.717) is 11.4 Å². The van der Waals surface area contributed by atoms with Crippen LogP contribution < -0.4 is 16.0 Å². The molecular weight excluding hydrogens is 234 g/mol. The number of hydrogen-bond donors (Lipinski definition) is 1. The molecule has 2 rings (SSSR count). The van der Waals surface area contributed by atoms with Crippen molar-refractivity contribution in [1.29, 1.82) is 5.26 Å². The van der Waals surface area contributed by atoms with Gasteiger partial charge in [-0.2, -0.15) is 5.26 Å². The van der Waals surface area contributed by atoms with Crippen LogP contribution in [0.2, 0.25) is 0 Å². The van der Waals surface area contributed by atoms with E-state index in [1.165, 1.54) is 17.9 Å². The summed E-state index contributed by atoms with van der Waals surface area (Å²) in [6.45, 7) is 0. The Bertz CT molecular complexity index is 737. The first-order chi connectivity index (χ1) is 8.67. The van der Waals surface area contributed by atoms with Crippen LogP contribution in [0.5, 0.6) is 5.75 Å². The smallest absolute Gasteiger partial charge is 0.333 e. The largest absolute Gasteiger partial charge is 0.495 e. The molecule has 1 heterocycles. The fourth-order valence-corrected chi connectivity index (χ4v) is 1.56. The van der Waals surface area contributed by atoms with Gasteiger partial charge in [-0.15, -0.1) is 0 Å². The Morgan fingerprint density at radius 3 is 2.72 bits per heavy atom. The molecule has 0 saturated carbocycles. The van der Waals surface area contributed by atoms with Crippen LogP contribution in [0.25, 0.3) is 5.69 Å². The van der Waals surface area contributed by atoms with E-state index in [4.69, 9.17) is 10.00 Å². The molecular formula is C12H9N3O3. The number of hydrogen-bond acceptors (Lipinski definition) is 4. The second-order valence-corrected chi connectivity index (χ2v) is 3.46. The summed E-state index contributed by atoms with van der Waals surface area (Å²) < 4.78 is 6.29. The van der Waals surface area contributed by atoms with E-state index in [0.717, 1.165) is 0 Å². The predicted octanol–water partition coefficient (Wildman–Crippen LogP) is 0.406. The van der Waals surface area contributed by atoms with Crippen LogP contribution in [0.1, 0.15) is 5.56 Å². The highest BCUT2D eigenvalue weighted by Gasteiger charge is 2.09. The van der Waals surface area contributed by atoms with E-state index >= 15 is 0 Å². The van der Waals surface area contributed by atoms with Gasteiger partial charge >= 0.3 is 5.69 Å². The van der Waals surface area contributed by atoms with Gasteiger partial charge in [0.15, 0.2) is 0 Å². The number of benzene rings is 1. The normalized spacial score (nSPS) is 9.78. The summed E-state index contributed by atoms with van der Waals surface area (Å²) in [5.41, 5.74) is -1.00. The maximum atomic E-state index is 11.7. The molecule has 0 saturated heterocycles. The van der Waals surface area contributed by atoms with Gasteiger partial charge in [0.25, 0.3) is 5.56 Å². The van der Waals surface area contributed by atoms with Crippen molar-refractivity contribution in [3.05, 3.63) is 56.9 Å². The first-order valence-corrected chi connectivity index (χ1v) is 5.07. The van der Waals surface area contributed by atoms with Gasteiger partial charge in [0.2, 0.25) is 0 Å². The van der Waals surface area contributed by atoms with Crippen LogP contribution in [0.3, 0.4) is 0 Å². The molecule has 0 radical (unpaired) electrons. The van der Waals surface area contributed by atoms with E-state index in [9.17, 15) is 9.59 Å². The molecule has 6 nitrogen and oxygen atoms in total. The van der Waals surface area contributed by atoms with E-state index in [1.807, 2.05) is 0 Å². The number of ether oxygens (including phenoxy) is 1. The average Bonchev–Trinajstić information content (AvgIpc) is 2.39. The van der Waals surface area contributed by atoms with Crippen LogP contribution >= 0.6 is 0 Å². The topological polar surface area (TPSA) is 87.9 Å². The van der Waals surface area contributed by atoms with Gasteiger partial charge in [0.05, 0.1) is 12.8 Å². The van der Waals surface area contributed by atoms with Crippen molar-refractivity contribution in [3.63, 3.8) is 0 Å². The first kappa shape index (κ1) is 11.7. The van der Waals surface area contributed by atoms with Crippen molar-refractivity contribution in [1.82, 2.24) is 9.55 Å². The van der Waals surface area contributed by atoms with Gasteiger partial charge in [-0.3, -0.25) is 14.3 Å². The van der Waals surface area contributed by atoms with Crippen LogP contribution in [-0.4, -0.2) is 16.7 Å². The minimum Gasteiger partial charge on any atom is -0.495 e. The molecule has 1 aromatic carbocycles. The van der Waals surface area contributed by atoms with Crippen molar-refractivity contribution < 1.29 is 4.74 Å². The molecule has 0 bridgehead atoms. The second-order valence-electron chi connectivity index (χ2n) is 3.46. The number of aromatic amines is 1. The average molecular weight is 243 g/mol. The number of nitriles is 1. The summed E-state index contributed by atoms with van der Waals surface area (Å²) in [5, 5.41) is 8.79. The predicted molar refractivity (Wildman–Crippen MR) is 63.9 cm³/mol. The molecule has 0 aliphatic heterocycles. The van der Waals surface area contributed by atoms with Gasteiger partial charge in [-0.1, -0.05) is 12.1 Å². The fourth-order valence-electron chi connectivity index (χ4n) is 1.56. The first-order valence-electron chi connectivity index (χ1n) is 5.07. The summed E-state index contributed by atoms with van der Waals surface area (Å²) in [4.78, 5) is 25.1. The Balaban J connectivity index is 2.76. The minimum atomic E-state index is -0.700. The lowest BCUT2D eigenvalue weighted by molar-refractivity contribution is 0.412. The van der Waals surface area contributed by atoms with E-state index in [1.54, 1.807) is 30.3 Å². The SMILES string of the molecule is COc1ccccc1-n1cc(C#N)c(=O)[nH]c1=O. The standard InChI is InChI=1S/C12H9N3O3/c1-18-10-5-3-2-4-9(10)15-7-8(6-13)11(16)14-12(15)17/h2-5,7H,1H3,(H,14,16,17). The molecule has 2 aromatic rings. The molecule has 0 amide bonds. The summed E-state index contributed by atoms with van der Waals surface area (Å²) >= 11 is 0. The third-order valence-corrected chi connectivity index (χ3v) is 2.41. The zero-order valence-electron chi connectivity index (χ0n) is 9.51. The lowest BCUT2D eigenvalue weighted by Crippen LogP contribution is -2.30. The number of nitrogens with one attached hydrogen (secondary N) is 1. The van der Waals surface area contributed by atoms with Gasteiger partial charge in [-0.25, -0.2) is 4.79 Å². The zero-order chi connectivity index (χ0) is 13.1. The molecule has 90 valence electrons. The highest BCUT2D eigenvalue weighted by molar-refractivity contribution is 5.47. The Labute approximate surface area is 102 Å². The van der Waals surface area contributed by atoms with Gasteiger partial charge in [0, 0.05) is 6.20 Å². The zero-order valence-corrected chi connectivity index (χ0v) is 9.51. The molecule has 0 aliphatic rings. The number of H-pyrrole nitrogens is 1. The van der Waals surface area contributed by atoms with Gasteiger partial charge in [0.1, 0.15) is 17.4 Å². The number of methoxy groups -OCH3 is 1. The Kier molecular flexibility index (Phi) is 2.98. The number of rotatable bonds is 2. The third-order valence-electron chi connectivity index (χ3n) is 2.41. The fraction of sp³-hybridized carbons (Fsp3) is 0.0833. The number of nitrogens with zero attached hydrogens (tertiary/aromatic N) is 2. The molecule has 0 aliphatic carbocycles. The molecule has 6 heteroatoms. The summed E-state index contributed by atoms with van der Waals surface area (Å²) in [6, 6.07) is 8.54. The summed E-state index contributed by atoms with van der Waals surface area (Å²) in [6.07, 6.45) is 1.19. The number of aromatic nitrogens is 2. The van der Waals surface area contributed by atoms with Gasteiger partial charge < -0.3 is 4.74 Å². The number of para-hydroxylation sites is 2. The molecule has 1 aromatic heterocycles. The van der Waals surface area contributed by atoms with Crippen molar-refractivity contribution in [2.75, 3.05) is 7.11 Å². The Morgan fingerprint density at radius 1 is 1.33 bits per heavy atom. The molecule has 0 unspecified atom stereocenters. The Morgan fingerprint density at radius 2 is 2.06 bits per heavy atom. The van der Waals surface area contributed by atoms with E-state index < -0.39 is 11.2 Å². The summed E-state index contributed by atoms with van der Waals surface area (Å²) in [5.74, 6) is 0.468. The van der Waals surface area contributed by atoms with Crippen LogP contribution in [0.4, 0.5) is 0 Å². The summed E-state index contributed by atoms with van der Waals surface area (Å²) in [7, 11) is 1.47. The monoisotopic (exact) mass is 243 g/mol. The molecule has 0 fully saturated rings. The highest BCUT2D eigenvalue weighted by Crippen LogP contribution is 2.19. The third kappa shape index (κ3) is 1.89. The van der Waals surface area contributed by atoms with E-state index in [-0.39, 0.29) is 5.56 Å². The van der Waals surface area contributed by atoms with E-state index in [2.05, 4.69) is 4.98 Å². The van der Waals surface area contributed by atoms with Gasteiger partial charge in [-0.05, 0) is 12.1 Å². The highest BCUT2D eigenvalue weighted by atomic mass is 16.5. The quantitative estimate of drug-likeness (QED) is 0.827. The second kappa shape index (κ2) is 4.59. The molecule has 1 N–H and O–H groups in total. The maximum absolute atomic E-state index is 11.7. The van der Waals surface area contributed by atoms with Crippen LogP contribution in [0, 0.1) is 11.3 Å².